The number of aliphatic imine (C=N–C) groups is 1. The molecular weight excluding hydrogens is 371 g/mol. The molecule has 27 heavy (non-hydrogen) atoms. The maximum Gasteiger partial charge on any atom is 0.390 e. The van der Waals surface area contributed by atoms with Crippen LogP contribution in [0.5, 0.6) is 5.75 Å². The number of hydrogen-bond acceptors (Lipinski definition) is 3. The van der Waals surface area contributed by atoms with Gasteiger partial charge in [-0.25, -0.2) is 0 Å². The average Bonchev–Trinajstić information content (AvgIpc) is 2.60. The molecule has 0 bridgehead atoms. The van der Waals surface area contributed by atoms with Crippen molar-refractivity contribution in [1.29, 1.82) is 0 Å². The van der Waals surface area contributed by atoms with Gasteiger partial charge in [0.2, 0.25) is 0 Å². The van der Waals surface area contributed by atoms with Crippen LogP contribution in [0, 0.1) is 0 Å². The zero-order valence-electron chi connectivity index (χ0n) is 14.9. The van der Waals surface area contributed by atoms with Crippen LogP contribution >= 0.6 is 0 Å². The summed E-state index contributed by atoms with van der Waals surface area (Å²) in [6.45, 7) is -1.69. The monoisotopic (exact) mass is 394 g/mol. The number of nitrogens with one attached hydrogen (secondary N) is 2. The van der Waals surface area contributed by atoms with E-state index in [1.165, 1.54) is 19.2 Å². The van der Waals surface area contributed by atoms with Crippen molar-refractivity contribution in [2.45, 2.75) is 38.1 Å². The summed E-state index contributed by atoms with van der Waals surface area (Å²) < 4.78 is 65.5. The summed E-state index contributed by atoms with van der Waals surface area (Å²) >= 11 is 0. The van der Waals surface area contributed by atoms with E-state index in [1.54, 1.807) is 12.1 Å². The topological polar surface area (TPSA) is 48.9 Å². The molecule has 0 radical (unpaired) electrons. The normalized spacial score (nSPS) is 18.6. The average molecular weight is 394 g/mol. The lowest BCUT2D eigenvalue weighted by Gasteiger charge is -2.35. The van der Waals surface area contributed by atoms with Gasteiger partial charge in [-0.15, -0.1) is 0 Å². The fourth-order valence-electron chi connectivity index (χ4n) is 2.88. The molecule has 1 aromatic rings. The molecule has 0 aromatic heterocycles. The van der Waals surface area contributed by atoms with Crippen molar-refractivity contribution in [3.63, 3.8) is 0 Å². The summed E-state index contributed by atoms with van der Waals surface area (Å²) in [6, 6.07) is 6.38. The first kappa shape index (κ1) is 21.0. The van der Waals surface area contributed by atoms with E-state index in [-0.39, 0.29) is 18.3 Å². The molecule has 0 amide bonds. The minimum absolute atomic E-state index is 0.00725. The van der Waals surface area contributed by atoms with E-state index in [0.717, 1.165) is 25.1 Å². The highest BCUT2D eigenvalue weighted by atomic mass is 19.4. The van der Waals surface area contributed by atoms with E-state index >= 15 is 0 Å². The van der Waals surface area contributed by atoms with Gasteiger partial charge in [0.1, 0.15) is 5.75 Å². The van der Waals surface area contributed by atoms with Crippen LogP contribution in [0.3, 0.4) is 0 Å². The molecule has 1 atom stereocenters. The summed E-state index contributed by atoms with van der Waals surface area (Å²) in [4.78, 5) is 6.04. The quantitative estimate of drug-likeness (QED) is 0.441. The van der Waals surface area contributed by atoms with Crippen molar-refractivity contribution in [3.8, 4) is 5.75 Å². The molecule has 1 aliphatic heterocycles. The number of guanidine groups is 1. The predicted molar refractivity (Wildman–Crippen MR) is 93.5 cm³/mol. The summed E-state index contributed by atoms with van der Waals surface area (Å²) in [5.41, 5.74) is 0.864. The fraction of sp³-hybridized carbons (Fsp3) is 0.588. The highest BCUT2D eigenvalue weighted by molar-refractivity contribution is 5.80. The third-order valence-electron chi connectivity index (χ3n) is 4.11. The fourth-order valence-corrected chi connectivity index (χ4v) is 2.88. The second-order valence-electron chi connectivity index (χ2n) is 6.17. The maximum atomic E-state index is 12.2. The minimum Gasteiger partial charge on any atom is -0.435 e. The van der Waals surface area contributed by atoms with Crippen LogP contribution in [-0.4, -0.2) is 51.5 Å². The van der Waals surface area contributed by atoms with E-state index in [9.17, 15) is 22.0 Å². The molecule has 0 aliphatic carbocycles. The van der Waals surface area contributed by atoms with E-state index < -0.39 is 19.2 Å². The first-order chi connectivity index (χ1) is 12.8. The second kappa shape index (κ2) is 9.61. The number of rotatable bonds is 6. The Morgan fingerprint density at radius 1 is 1.30 bits per heavy atom. The van der Waals surface area contributed by atoms with Gasteiger partial charge < -0.3 is 20.3 Å². The van der Waals surface area contributed by atoms with E-state index in [0.29, 0.717) is 12.5 Å². The molecule has 0 spiro atoms. The Kier molecular flexibility index (Phi) is 7.49. The Morgan fingerprint density at radius 2 is 2.00 bits per heavy atom. The Morgan fingerprint density at radius 3 is 2.59 bits per heavy atom. The smallest absolute Gasteiger partial charge is 0.390 e. The number of alkyl halides is 5. The van der Waals surface area contributed by atoms with E-state index in [1.807, 2.05) is 0 Å². The number of halogens is 5. The molecular formula is C17H23F5N4O. The Bertz CT molecular complexity index is 606. The molecule has 1 unspecified atom stereocenters. The Labute approximate surface area is 154 Å². The molecule has 1 fully saturated rings. The van der Waals surface area contributed by atoms with Gasteiger partial charge in [-0.3, -0.25) is 4.99 Å². The molecule has 1 heterocycles. The predicted octanol–water partition coefficient (Wildman–Crippen LogP) is 3.37. The molecule has 1 aliphatic rings. The first-order valence-electron chi connectivity index (χ1n) is 8.60. The van der Waals surface area contributed by atoms with Crippen LogP contribution in [0.4, 0.5) is 27.6 Å². The molecule has 0 saturated carbocycles. The number of benzene rings is 1. The number of nitrogens with zero attached hydrogens (tertiary/aromatic N) is 2. The van der Waals surface area contributed by atoms with Gasteiger partial charge in [0.05, 0.1) is 6.42 Å². The molecule has 152 valence electrons. The summed E-state index contributed by atoms with van der Waals surface area (Å²) in [6.07, 6.45) is -3.42. The van der Waals surface area contributed by atoms with E-state index in [4.69, 9.17) is 0 Å². The third kappa shape index (κ3) is 7.48. The first-order valence-corrected chi connectivity index (χ1v) is 8.60. The zero-order valence-corrected chi connectivity index (χ0v) is 14.9. The van der Waals surface area contributed by atoms with Crippen LogP contribution in [0.2, 0.25) is 0 Å². The number of anilines is 1. The van der Waals surface area contributed by atoms with Crippen LogP contribution in [-0.2, 0) is 0 Å². The molecule has 1 saturated heterocycles. The lowest BCUT2D eigenvalue weighted by Crippen LogP contribution is -2.51. The summed E-state index contributed by atoms with van der Waals surface area (Å²) in [5.74, 6) is 0.418. The second-order valence-corrected chi connectivity index (χ2v) is 6.17. The van der Waals surface area contributed by atoms with Crippen LogP contribution < -0.4 is 20.3 Å². The largest absolute Gasteiger partial charge is 0.435 e. The molecule has 2 rings (SSSR count). The van der Waals surface area contributed by atoms with Crippen LogP contribution in [0.15, 0.2) is 29.3 Å². The number of piperidine rings is 1. The van der Waals surface area contributed by atoms with Crippen molar-refractivity contribution in [2.75, 3.05) is 31.6 Å². The summed E-state index contributed by atoms with van der Waals surface area (Å²) in [7, 11) is 1.51. The third-order valence-corrected chi connectivity index (χ3v) is 4.11. The van der Waals surface area contributed by atoms with Crippen LogP contribution in [0.1, 0.15) is 19.3 Å². The number of ether oxygens (including phenoxy) is 1. The van der Waals surface area contributed by atoms with Gasteiger partial charge in [-0.05, 0) is 37.1 Å². The van der Waals surface area contributed by atoms with Crippen molar-refractivity contribution >= 4 is 11.6 Å². The van der Waals surface area contributed by atoms with Gasteiger partial charge in [-0.1, -0.05) is 0 Å². The lowest BCUT2D eigenvalue weighted by atomic mass is 10.0. The molecule has 10 heteroatoms. The number of hydrogen-bond donors (Lipinski definition) is 2. The van der Waals surface area contributed by atoms with Gasteiger partial charge in [0.15, 0.2) is 5.96 Å². The van der Waals surface area contributed by atoms with Gasteiger partial charge in [0.25, 0.3) is 0 Å². The standard InChI is InChI=1S/C17H23F5N4O/c1-23-16(24-9-8-17(20,21)22)25-12-3-2-10-26(11-12)13-4-6-14(7-5-13)27-15(18)19/h4-7,12,15H,2-3,8-11H2,1H3,(H2,23,24,25). The van der Waals surface area contributed by atoms with E-state index in [2.05, 4.69) is 25.3 Å². The zero-order chi connectivity index (χ0) is 19.9. The van der Waals surface area contributed by atoms with Crippen molar-refractivity contribution < 1.29 is 26.7 Å². The SMILES string of the molecule is CN=C(NCCC(F)(F)F)NC1CCCN(c2ccc(OC(F)F)cc2)C1. The summed E-state index contributed by atoms with van der Waals surface area (Å²) in [5, 5.41) is 5.80. The van der Waals surface area contributed by atoms with Crippen LogP contribution in [0.25, 0.3) is 0 Å². The van der Waals surface area contributed by atoms with Crippen molar-refractivity contribution in [1.82, 2.24) is 10.6 Å². The van der Waals surface area contributed by atoms with Crippen molar-refractivity contribution in [3.05, 3.63) is 24.3 Å². The highest BCUT2D eigenvalue weighted by Gasteiger charge is 2.27. The van der Waals surface area contributed by atoms with Gasteiger partial charge >= 0.3 is 12.8 Å². The molecule has 2 N–H and O–H groups in total. The molecule has 5 nitrogen and oxygen atoms in total. The maximum absolute atomic E-state index is 12.2. The highest BCUT2D eigenvalue weighted by Crippen LogP contribution is 2.24. The van der Waals surface area contributed by atoms with Gasteiger partial charge in [0, 0.05) is 38.4 Å². The van der Waals surface area contributed by atoms with Gasteiger partial charge in [-0.2, -0.15) is 22.0 Å². The lowest BCUT2D eigenvalue weighted by molar-refractivity contribution is -0.132. The minimum atomic E-state index is -4.21. The Hall–Kier alpha value is -2.26. The Balaban J connectivity index is 1.87. The van der Waals surface area contributed by atoms with Crippen molar-refractivity contribution in [2.24, 2.45) is 4.99 Å². The molecule has 1 aromatic carbocycles.